The van der Waals surface area contributed by atoms with E-state index in [4.69, 9.17) is 4.74 Å². The Morgan fingerprint density at radius 1 is 1.35 bits per heavy atom. The first-order valence-electron chi connectivity index (χ1n) is 6.98. The topological polar surface area (TPSA) is 70.6 Å². The molecule has 0 unspecified atom stereocenters. The molecule has 0 spiro atoms. The van der Waals surface area contributed by atoms with E-state index >= 15 is 0 Å². The molecule has 0 atom stereocenters. The molecule has 5 heteroatoms. The minimum absolute atomic E-state index is 0.127. The third-order valence-corrected chi connectivity index (χ3v) is 3.98. The van der Waals surface area contributed by atoms with Gasteiger partial charge < -0.3 is 20.5 Å². The van der Waals surface area contributed by atoms with Crippen molar-refractivity contribution < 1.29 is 14.6 Å². The van der Waals surface area contributed by atoms with Gasteiger partial charge in [-0.15, -0.1) is 0 Å². The van der Waals surface area contributed by atoms with E-state index in [0.29, 0.717) is 18.0 Å². The smallest absolute Gasteiger partial charge is 0.319 e. The van der Waals surface area contributed by atoms with Gasteiger partial charge in [0, 0.05) is 12.0 Å². The number of aliphatic hydroxyl groups is 1. The molecule has 2 amide bonds. The van der Waals surface area contributed by atoms with Crippen LogP contribution in [0.2, 0.25) is 0 Å². The molecule has 3 N–H and O–H groups in total. The fourth-order valence-electron chi connectivity index (χ4n) is 2.70. The number of aliphatic hydroxyl groups excluding tert-OH is 1. The zero-order valence-corrected chi connectivity index (χ0v) is 11.8. The predicted octanol–water partition coefficient (Wildman–Crippen LogP) is 2.37. The van der Waals surface area contributed by atoms with Crippen LogP contribution in [0.4, 0.5) is 10.5 Å². The molecule has 2 rings (SSSR count). The molecular formula is C15H22N2O3. The van der Waals surface area contributed by atoms with Crippen molar-refractivity contribution in [3.63, 3.8) is 0 Å². The van der Waals surface area contributed by atoms with E-state index in [9.17, 15) is 9.90 Å². The second-order valence-electron chi connectivity index (χ2n) is 5.37. The van der Waals surface area contributed by atoms with Crippen LogP contribution in [0.15, 0.2) is 24.3 Å². The molecule has 5 nitrogen and oxygen atoms in total. The number of ether oxygens (including phenoxy) is 1. The van der Waals surface area contributed by atoms with E-state index in [1.165, 1.54) is 0 Å². The molecule has 0 radical (unpaired) electrons. The number of rotatable bonds is 5. The first kappa shape index (κ1) is 14.7. The molecule has 1 aliphatic rings. The van der Waals surface area contributed by atoms with Crippen LogP contribution < -0.4 is 15.4 Å². The summed E-state index contributed by atoms with van der Waals surface area (Å²) >= 11 is 0. The average Bonchev–Trinajstić information content (AvgIpc) is 2.95. The Hall–Kier alpha value is -1.75. The number of methoxy groups -OCH3 is 1. The Kier molecular flexibility index (Phi) is 4.84. The molecule has 1 aromatic carbocycles. The second kappa shape index (κ2) is 6.61. The molecule has 20 heavy (non-hydrogen) atoms. The monoisotopic (exact) mass is 278 g/mol. The normalized spacial score (nSPS) is 16.7. The Morgan fingerprint density at radius 3 is 2.70 bits per heavy atom. The first-order chi connectivity index (χ1) is 9.69. The molecule has 0 heterocycles. The van der Waals surface area contributed by atoms with Gasteiger partial charge in [0.15, 0.2) is 0 Å². The van der Waals surface area contributed by atoms with Gasteiger partial charge in [-0.2, -0.15) is 0 Å². The van der Waals surface area contributed by atoms with Gasteiger partial charge in [-0.05, 0) is 25.0 Å². The molecule has 0 aliphatic heterocycles. The summed E-state index contributed by atoms with van der Waals surface area (Å²) in [5.41, 5.74) is 0.495. The number of carbonyl (C=O) groups excluding carboxylic acids is 1. The van der Waals surface area contributed by atoms with Crippen LogP contribution in [0.1, 0.15) is 25.7 Å². The highest BCUT2D eigenvalue weighted by Crippen LogP contribution is 2.36. The molecule has 0 aromatic heterocycles. The predicted molar refractivity (Wildman–Crippen MR) is 78.0 cm³/mol. The zero-order chi connectivity index (χ0) is 14.4. The largest absolute Gasteiger partial charge is 0.495 e. The summed E-state index contributed by atoms with van der Waals surface area (Å²) in [6, 6.07) is 7.00. The molecule has 1 aromatic rings. The number of carbonyl (C=O) groups is 1. The van der Waals surface area contributed by atoms with Gasteiger partial charge in [0.2, 0.25) is 0 Å². The lowest BCUT2D eigenvalue weighted by atomic mass is 9.87. The fourth-order valence-corrected chi connectivity index (χ4v) is 2.70. The highest BCUT2D eigenvalue weighted by molar-refractivity contribution is 5.90. The lowest BCUT2D eigenvalue weighted by molar-refractivity contribution is 0.130. The zero-order valence-electron chi connectivity index (χ0n) is 11.8. The summed E-state index contributed by atoms with van der Waals surface area (Å²) in [6.45, 7) is 0.631. The summed E-state index contributed by atoms with van der Waals surface area (Å²) < 4.78 is 5.18. The minimum Gasteiger partial charge on any atom is -0.495 e. The first-order valence-corrected chi connectivity index (χ1v) is 6.98. The molecule has 1 fully saturated rings. The Balaban J connectivity index is 1.89. The number of hydrogen-bond donors (Lipinski definition) is 3. The number of urea groups is 1. The molecule has 0 saturated heterocycles. The molecule has 110 valence electrons. The van der Waals surface area contributed by atoms with E-state index in [2.05, 4.69) is 10.6 Å². The van der Waals surface area contributed by atoms with Gasteiger partial charge in [-0.1, -0.05) is 25.0 Å². The third-order valence-electron chi connectivity index (χ3n) is 3.98. The maximum atomic E-state index is 11.9. The summed E-state index contributed by atoms with van der Waals surface area (Å²) in [5.74, 6) is 0.625. The Morgan fingerprint density at radius 2 is 2.05 bits per heavy atom. The van der Waals surface area contributed by atoms with Gasteiger partial charge in [-0.25, -0.2) is 4.79 Å². The van der Waals surface area contributed by atoms with E-state index in [1.54, 1.807) is 19.2 Å². The molecule has 1 saturated carbocycles. The number of nitrogens with one attached hydrogen (secondary N) is 2. The quantitative estimate of drug-likeness (QED) is 0.774. The van der Waals surface area contributed by atoms with Crippen molar-refractivity contribution in [3.05, 3.63) is 24.3 Å². The summed E-state index contributed by atoms with van der Waals surface area (Å²) in [6.07, 6.45) is 4.18. The Bertz CT molecular complexity index is 456. The highest BCUT2D eigenvalue weighted by atomic mass is 16.5. The lowest BCUT2D eigenvalue weighted by Crippen LogP contribution is -2.40. The van der Waals surface area contributed by atoms with Crippen molar-refractivity contribution in [3.8, 4) is 5.75 Å². The summed E-state index contributed by atoms with van der Waals surface area (Å²) in [4.78, 5) is 11.9. The van der Waals surface area contributed by atoms with Crippen molar-refractivity contribution in [1.82, 2.24) is 5.32 Å². The Labute approximate surface area is 119 Å². The van der Waals surface area contributed by atoms with Crippen LogP contribution in [0.3, 0.4) is 0 Å². The van der Waals surface area contributed by atoms with Crippen molar-refractivity contribution in [1.29, 1.82) is 0 Å². The third kappa shape index (κ3) is 3.42. The summed E-state index contributed by atoms with van der Waals surface area (Å²) in [7, 11) is 1.57. The maximum absolute atomic E-state index is 11.9. The SMILES string of the molecule is COc1ccccc1NC(=O)NCC1(CO)CCCC1. The standard InChI is InChI=1S/C15H22N2O3/c1-20-13-7-3-2-6-12(13)17-14(19)16-10-15(11-18)8-4-5-9-15/h2-3,6-7,18H,4-5,8-11H2,1H3,(H2,16,17,19). The van der Waals surface area contributed by atoms with Crippen molar-refractivity contribution >= 4 is 11.7 Å². The highest BCUT2D eigenvalue weighted by Gasteiger charge is 2.33. The van der Waals surface area contributed by atoms with Crippen LogP contribution in [-0.2, 0) is 0 Å². The molecule has 1 aliphatic carbocycles. The van der Waals surface area contributed by atoms with Crippen LogP contribution in [0.25, 0.3) is 0 Å². The van der Waals surface area contributed by atoms with Crippen molar-refractivity contribution in [2.75, 3.05) is 25.6 Å². The van der Waals surface area contributed by atoms with E-state index < -0.39 is 0 Å². The van der Waals surface area contributed by atoms with Gasteiger partial charge in [0.25, 0.3) is 0 Å². The number of hydrogen-bond acceptors (Lipinski definition) is 3. The van der Waals surface area contributed by atoms with E-state index in [0.717, 1.165) is 25.7 Å². The molecular weight excluding hydrogens is 256 g/mol. The van der Waals surface area contributed by atoms with Crippen LogP contribution in [-0.4, -0.2) is 31.4 Å². The number of benzene rings is 1. The van der Waals surface area contributed by atoms with E-state index in [1.807, 2.05) is 12.1 Å². The number of amides is 2. The molecule has 0 bridgehead atoms. The van der Waals surface area contributed by atoms with E-state index in [-0.39, 0.29) is 18.1 Å². The van der Waals surface area contributed by atoms with Gasteiger partial charge in [-0.3, -0.25) is 0 Å². The van der Waals surface area contributed by atoms with Crippen LogP contribution >= 0.6 is 0 Å². The van der Waals surface area contributed by atoms with Crippen LogP contribution in [0.5, 0.6) is 5.75 Å². The van der Waals surface area contributed by atoms with Gasteiger partial charge in [0.05, 0.1) is 19.4 Å². The van der Waals surface area contributed by atoms with Crippen LogP contribution in [0, 0.1) is 5.41 Å². The summed E-state index contributed by atoms with van der Waals surface area (Å²) in [5, 5.41) is 15.1. The maximum Gasteiger partial charge on any atom is 0.319 e. The second-order valence-corrected chi connectivity index (χ2v) is 5.37. The van der Waals surface area contributed by atoms with Gasteiger partial charge in [0.1, 0.15) is 5.75 Å². The minimum atomic E-state index is -0.269. The van der Waals surface area contributed by atoms with Crippen molar-refractivity contribution in [2.45, 2.75) is 25.7 Å². The van der Waals surface area contributed by atoms with Crippen molar-refractivity contribution in [2.24, 2.45) is 5.41 Å². The number of anilines is 1. The fraction of sp³-hybridized carbons (Fsp3) is 0.533. The average molecular weight is 278 g/mol. The van der Waals surface area contributed by atoms with Gasteiger partial charge >= 0.3 is 6.03 Å². The lowest BCUT2D eigenvalue weighted by Gasteiger charge is -2.26. The number of para-hydroxylation sites is 2.